The first-order chi connectivity index (χ1) is 11.8. The molecule has 2 unspecified atom stereocenters. The molecular weight excluding hydrogens is 373 g/mol. The summed E-state index contributed by atoms with van der Waals surface area (Å²) in [6.07, 6.45) is -1.47. The summed E-state index contributed by atoms with van der Waals surface area (Å²) in [5, 5.41) is 13.8. The van der Waals surface area contributed by atoms with Crippen LogP contribution >= 0.6 is 11.6 Å². The molecule has 9 heteroatoms. The second-order valence-corrected chi connectivity index (χ2v) is 5.68. The molecule has 0 aromatic heterocycles. The van der Waals surface area contributed by atoms with E-state index in [9.17, 15) is 19.5 Å². The molecule has 0 spiro atoms. The smallest absolute Gasteiger partial charge is 0.550 e. The van der Waals surface area contributed by atoms with E-state index < -0.39 is 30.4 Å². The van der Waals surface area contributed by atoms with Gasteiger partial charge in [0, 0.05) is 23.8 Å². The third-order valence-corrected chi connectivity index (χ3v) is 3.58. The molecule has 1 N–H and O–H groups in total. The summed E-state index contributed by atoms with van der Waals surface area (Å²) in [6, 6.07) is 6.01. The van der Waals surface area contributed by atoms with Gasteiger partial charge in [0.2, 0.25) is 6.29 Å². The van der Waals surface area contributed by atoms with Crippen LogP contribution in [-0.4, -0.2) is 24.3 Å². The number of halogens is 1. The first-order valence-electron chi connectivity index (χ1n) is 7.97. The molecule has 0 bridgehead atoms. The first-order valence-corrected chi connectivity index (χ1v) is 8.35. The zero-order valence-corrected chi connectivity index (χ0v) is 17.9. The molecule has 0 heterocycles. The second-order valence-electron chi connectivity index (χ2n) is 5.25. The fraction of sp³-hybridized carbons (Fsp3) is 0.471. The topological polar surface area (TPSA) is 105 Å². The maximum Gasteiger partial charge on any atom is 1.00 e. The zero-order chi connectivity index (χ0) is 18.8. The van der Waals surface area contributed by atoms with Crippen molar-refractivity contribution in [3.05, 3.63) is 34.9 Å². The van der Waals surface area contributed by atoms with E-state index in [2.05, 4.69) is 5.32 Å². The Labute approximate surface area is 179 Å². The number of aliphatic carboxylic acids is 1. The third kappa shape index (κ3) is 9.43. The van der Waals surface area contributed by atoms with Crippen molar-refractivity contribution in [3.8, 4) is 0 Å². The molecule has 1 aromatic rings. The van der Waals surface area contributed by atoms with Crippen LogP contribution in [0.2, 0.25) is 5.02 Å². The van der Waals surface area contributed by atoms with E-state index >= 15 is 0 Å². The Hall–Kier alpha value is -1.28. The number of ether oxygens (including phenoxy) is 2. The van der Waals surface area contributed by atoms with Crippen LogP contribution in [-0.2, 0) is 19.1 Å². The Morgan fingerprint density at radius 2 is 1.77 bits per heavy atom. The predicted octanol–water partition coefficient (Wildman–Crippen LogP) is -0.669. The number of carbonyl (C=O) groups excluding carboxylic acids is 3. The molecule has 0 aliphatic heterocycles. The standard InChI is InChI=1S/C17H22ClNO6.Na/c1-3-15(22)24-16(4-2)25-17(23)19-13(9-10-14(20)21)11-5-7-12(18)8-6-11;/h5-8,13,16H,3-4,9-10H2,1-2H3,(H,19,23)(H,20,21);/q;+1/p-1. The van der Waals surface area contributed by atoms with Crippen LogP contribution in [0.15, 0.2) is 24.3 Å². The summed E-state index contributed by atoms with van der Waals surface area (Å²) in [7, 11) is 0. The Morgan fingerprint density at radius 3 is 2.27 bits per heavy atom. The number of alkyl carbamates (subject to hydrolysis) is 1. The summed E-state index contributed by atoms with van der Waals surface area (Å²) < 4.78 is 10.0. The van der Waals surface area contributed by atoms with Crippen molar-refractivity contribution in [1.82, 2.24) is 5.32 Å². The minimum absolute atomic E-state index is 0. The number of nitrogens with one attached hydrogen (secondary N) is 1. The molecule has 138 valence electrons. The molecule has 1 amide bonds. The van der Waals surface area contributed by atoms with Gasteiger partial charge in [0.1, 0.15) is 0 Å². The van der Waals surface area contributed by atoms with Crippen molar-refractivity contribution in [3.63, 3.8) is 0 Å². The monoisotopic (exact) mass is 393 g/mol. The average Bonchev–Trinajstić information content (AvgIpc) is 2.58. The Kier molecular flexibility index (Phi) is 12.3. The van der Waals surface area contributed by atoms with Gasteiger partial charge in [0.05, 0.1) is 6.04 Å². The van der Waals surface area contributed by atoms with Crippen molar-refractivity contribution in [2.24, 2.45) is 0 Å². The van der Waals surface area contributed by atoms with Crippen LogP contribution in [0.5, 0.6) is 0 Å². The van der Waals surface area contributed by atoms with Crippen molar-refractivity contribution in [2.75, 3.05) is 0 Å². The van der Waals surface area contributed by atoms with Gasteiger partial charge in [-0.25, -0.2) is 4.79 Å². The number of benzene rings is 1. The fourth-order valence-corrected chi connectivity index (χ4v) is 2.12. The molecule has 2 atom stereocenters. The maximum atomic E-state index is 12.1. The Bertz CT molecular complexity index is 595. The van der Waals surface area contributed by atoms with Crippen LogP contribution < -0.4 is 40.0 Å². The van der Waals surface area contributed by atoms with Gasteiger partial charge in [0.15, 0.2) is 0 Å². The molecule has 1 rings (SSSR count). The normalized spacial score (nSPS) is 12.3. The molecule has 0 fully saturated rings. The molecule has 7 nitrogen and oxygen atoms in total. The number of carboxylic acid groups (broad SMARTS) is 1. The van der Waals surface area contributed by atoms with E-state index in [-0.39, 0.29) is 48.8 Å². The maximum absolute atomic E-state index is 12.1. The van der Waals surface area contributed by atoms with Crippen LogP contribution in [0.25, 0.3) is 0 Å². The first kappa shape index (κ1) is 24.7. The van der Waals surface area contributed by atoms with E-state index in [1.54, 1.807) is 38.1 Å². The fourth-order valence-electron chi connectivity index (χ4n) is 2.00. The third-order valence-electron chi connectivity index (χ3n) is 3.32. The van der Waals surface area contributed by atoms with Gasteiger partial charge in [-0.05, 0) is 30.5 Å². The summed E-state index contributed by atoms with van der Waals surface area (Å²) in [5.74, 6) is -1.71. The molecule has 26 heavy (non-hydrogen) atoms. The van der Waals surface area contributed by atoms with Gasteiger partial charge in [-0.3, -0.25) is 4.79 Å². The number of carboxylic acids is 1. The minimum Gasteiger partial charge on any atom is -0.550 e. The molecule has 0 aliphatic carbocycles. The van der Waals surface area contributed by atoms with Crippen LogP contribution in [0.3, 0.4) is 0 Å². The van der Waals surface area contributed by atoms with Crippen LogP contribution in [0, 0.1) is 0 Å². The minimum atomic E-state index is -1.22. The van der Waals surface area contributed by atoms with E-state index in [1.165, 1.54) is 0 Å². The van der Waals surface area contributed by atoms with Crippen LogP contribution in [0.4, 0.5) is 4.79 Å². The Morgan fingerprint density at radius 1 is 1.15 bits per heavy atom. The molecule has 0 aliphatic rings. The van der Waals surface area contributed by atoms with Crippen LogP contribution in [0.1, 0.15) is 51.1 Å². The summed E-state index contributed by atoms with van der Waals surface area (Å²) in [5.41, 5.74) is 0.668. The van der Waals surface area contributed by atoms with E-state index in [0.29, 0.717) is 17.0 Å². The Balaban J connectivity index is 0.00000625. The number of rotatable bonds is 9. The zero-order valence-electron chi connectivity index (χ0n) is 15.1. The van der Waals surface area contributed by atoms with Gasteiger partial charge in [-0.1, -0.05) is 37.6 Å². The van der Waals surface area contributed by atoms with Gasteiger partial charge in [-0.2, -0.15) is 0 Å². The van der Waals surface area contributed by atoms with E-state index in [1.807, 2.05) is 0 Å². The SMILES string of the molecule is CCC(=O)OC(CC)OC(=O)NC(CCC(=O)[O-])c1ccc(Cl)cc1.[Na+]. The molecule has 1 aromatic carbocycles. The van der Waals surface area contributed by atoms with Crippen molar-refractivity contribution in [2.45, 2.75) is 51.9 Å². The number of esters is 1. The number of hydrogen-bond donors (Lipinski definition) is 1. The van der Waals surface area contributed by atoms with Gasteiger partial charge in [-0.15, -0.1) is 0 Å². The number of hydrogen-bond acceptors (Lipinski definition) is 6. The van der Waals surface area contributed by atoms with Crippen molar-refractivity contribution < 1.29 is 58.5 Å². The summed E-state index contributed by atoms with van der Waals surface area (Å²) >= 11 is 5.83. The predicted molar refractivity (Wildman–Crippen MR) is 88.5 cm³/mol. The quantitative estimate of drug-likeness (QED) is 0.339. The largest absolute Gasteiger partial charge is 1.00 e. The summed E-state index contributed by atoms with van der Waals surface area (Å²) in [6.45, 7) is 3.33. The van der Waals surface area contributed by atoms with Crippen molar-refractivity contribution >= 4 is 29.6 Å². The van der Waals surface area contributed by atoms with Gasteiger partial charge in [0.25, 0.3) is 0 Å². The molecule has 0 radical (unpaired) electrons. The van der Waals surface area contributed by atoms with Gasteiger partial charge >= 0.3 is 41.6 Å². The van der Waals surface area contributed by atoms with E-state index in [0.717, 1.165) is 0 Å². The molecule has 0 saturated heterocycles. The van der Waals surface area contributed by atoms with E-state index in [4.69, 9.17) is 21.1 Å². The number of amides is 1. The summed E-state index contributed by atoms with van der Waals surface area (Å²) in [4.78, 5) is 34.1. The molecule has 0 saturated carbocycles. The van der Waals surface area contributed by atoms with Gasteiger partial charge < -0.3 is 24.7 Å². The molecular formula is C17H21ClNNaO6. The number of carbonyl (C=O) groups is 3. The van der Waals surface area contributed by atoms with Crippen molar-refractivity contribution in [1.29, 1.82) is 0 Å². The second kappa shape index (κ2) is 13.0. The average molecular weight is 394 g/mol.